The van der Waals surface area contributed by atoms with Crippen LogP contribution in [-0.2, 0) is 9.59 Å². The Kier molecular flexibility index (Phi) is 4.38. The zero-order chi connectivity index (χ0) is 13.8. The summed E-state index contributed by atoms with van der Waals surface area (Å²) in [6.45, 7) is 4.84. The molecule has 6 nitrogen and oxygen atoms in total. The van der Waals surface area contributed by atoms with E-state index < -0.39 is 17.4 Å². The van der Waals surface area contributed by atoms with E-state index in [1.54, 1.807) is 32.2 Å². The van der Waals surface area contributed by atoms with Gasteiger partial charge in [0.05, 0.1) is 12.1 Å². The minimum atomic E-state index is -0.838. The third kappa shape index (κ3) is 4.14. The number of aryl methyl sites for hydroxylation is 1. The van der Waals surface area contributed by atoms with Crippen molar-refractivity contribution in [3.63, 3.8) is 0 Å². The minimum absolute atomic E-state index is 0.255. The van der Waals surface area contributed by atoms with Crippen molar-refractivity contribution in [1.82, 2.24) is 10.3 Å². The summed E-state index contributed by atoms with van der Waals surface area (Å²) in [5, 5.41) is 13.8. The van der Waals surface area contributed by atoms with E-state index in [1.165, 1.54) is 0 Å². The van der Waals surface area contributed by atoms with E-state index in [2.05, 4.69) is 15.6 Å². The quantitative estimate of drug-likeness (QED) is 0.670. The summed E-state index contributed by atoms with van der Waals surface area (Å²) in [7, 11) is 0. The van der Waals surface area contributed by atoms with Crippen LogP contribution in [0.3, 0.4) is 0 Å². The van der Waals surface area contributed by atoms with Crippen LogP contribution in [0.2, 0.25) is 0 Å². The van der Waals surface area contributed by atoms with Crippen molar-refractivity contribution in [1.29, 1.82) is 0 Å². The summed E-state index contributed by atoms with van der Waals surface area (Å²) in [6.07, 6.45) is 1.59. The average Bonchev–Trinajstić information content (AvgIpc) is 2.31. The van der Waals surface area contributed by atoms with Gasteiger partial charge in [-0.3, -0.25) is 9.59 Å². The second kappa shape index (κ2) is 5.59. The second-order valence-corrected chi connectivity index (χ2v) is 4.67. The summed E-state index contributed by atoms with van der Waals surface area (Å²) >= 11 is 0. The summed E-state index contributed by atoms with van der Waals surface area (Å²) in [5.41, 5.74) is 0.119. The Morgan fingerprint density at radius 3 is 2.50 bits per heavy atom. The first-order valence-electron chi connectivity index (χ1n) is 5.51. The van der Waals surface area contributed by atoms with Crippen LogP contribution < -0.4 is 10.6 Å². The number of hydrogen-bond acceptors (Lipinski definition) is 4. The topological polar surface area (TPSA) is 91.3 Å². The first kappa shape index (κ1) is 14.1. The van der Waals surface area contributed by atoms with E-state index in [0.29, 0.717) is 5.82 Å². The Morgan fingerprint density at radius 2 is 2.00 bits per heavy atom. The molecule has 18 heavy (non-hydrogen) atoms. The molecule has 1 aromatic heterocycles. The molecule has 3 N–H and O–H groups in total. The number of carbonyl (C=O) groups excluding carboxylic acids is 2. The molecule has 0 radical (unpaired) electrons. The van der Waals surface area contributed by atoms with Crippen molar-refractivity contribution in [3.05, 3.63) is 23.9 Å². The summed E-state index contributed by atoms with van der Waals surface area (Å²) in [5.74, 6) is -1.31. The Morgan fingerprint density at radius 1 is 1.33 bits per heavy atom. The third-order valence-electron chi connectivity index (χ3n) is 2.21. The van der Waals surface area contributed by atoms with E-state index >= 15 is 0 Å². The molecular formula is C12H17N3O3. The summed E-state index contributed by atoms with van der Waals surface area (Å²) in [6, 6.07) is 3.38. The maximum atomic E-state index is 11.5. The first-order chi connectivity index (χ1) is 8.34. The second-order valence-electron chi connectivity index (χ2n) is 4.67. The fourth-order valence-corrected chi connectivity index (χ4v) is 1.12. The van der Waals surface area contributed by atoms with Crippen molar-refractivity contribution >= 4 is 17.6 Å². The van der Waals surface area contributed by atoms with Gasteiger partial charge in [0, 0.05) is 6.20 Å². The smallest absolute Gasteiger partial charge is 0.314 e. The lowest BCUT2D eigenvalue weighted by molar-refractivity contribution is -0.137. The van der Waals surface area contributed by atoms with Gasteiger partial charge in [-0.25, -0.2) is 4.98 Å². The molecule has 0 saturated carbocycles. The van der Waals surface area contributed by atoms with Crippen molar-refractivity contribution < 1.29 is 14.7 Å². The number of aliphatic hydroxyl groups excluding tert-OH is 1. The molecule has 0 aliphatic carbocycles. The normalized spacial score (nSPS) is 10.9. The zero-order valence-electron chi connectivity index (χ0n) is 10.7. The molecule has 6 heteroatoms. The fourth-order valence-electron chi connectivity index (χ4n) is 1.12. The number of carbonyl (C=O) groups is 2. The highest BCUT2D eigenvalue weighted by Crippen LogP contribution is 2.04. The predicted octanol–water partition coefficient (Wildman–Crippen LogP) is 0.216. The molecule has 1 aromatic rings. The van der Waals surface area contributed by atoms with Crippen LogP contribution in [0.25, 0.3) is 0 Å². The number of anilines is 1. The van der Waals surface area contributed by atoms with Crippen LogP contribution in [0.15, 0.2) is 18.3 Å². The molecule has 1 heterocycles. The largest absolute Gasteiger partial charge is 0.394 e. The minimum Gasteiger partial charge on any atom is -0.394 e. The lowest BCUT2D eigenvalue weighted by Crippen LogP contribution is -2.50. The number of aliphatic hydroxyl groups is 1. The van der Waals surface area contributed by atoms with Crippen LogP contribution in [0.4, 0.5) is 5.82 Å². The molecule has 0 unspecified atom stereocenters. The van der Waals surface area contributed by atoms with Gasteiger partial charge in [-0.1, -0.05) is 6.07 Å². The maximum Gasteiger partial charge on any atom is 0.314 e. The van der Waals surface area contributed by atoms with Gasteiger partial charge in [-0.2, -0.15) is 0 Å². The molecule has 0 spiro atoms. The molecule has 1 rings (SSSR count). The molecule has 0 fully saturated rings. The van der Waals surface area contributed by atoms with Gasteiger partial charge in [0.2, 0.25) is 0 Å². The van der Waals surface area contributed by atoms with Crippen LogP contribution in [-0.4, -0.2) is 34.1 Å². The Bertz CT molecular complexity index is 440. The molecule has 0 atom stereocenters. The summed E-state index contributed by atoms with van der Waals surface area (Å²) in [4.78, 5) is 27.0. The number of rotatable bonds is 3. The SMILES string of the molecule is Cc1ccc(NC(=O)C(=O)NC(C)(C)CO)nc1. The summed E-state index contributed by atoms with van der Waals surface area (Å²) < 4.78 is 0. The van der Waals surface area contributed by atoms with Gasteiger partial charge in [0.1, 0.15) is 5.82 Å². The van der Waals surface area contributed by atoms with E-state index in [0.717, 1.165) is 5.56 Å². The number of amides is 2. The standard InChI is InChI=1S/C12H17N3O3/c1-8-4-5-9(13-6-8)14-10(17)11(18)15-12(2,3)7-16/h4-6,16H,7H2,1-3H3,(H,15,18)(H,13,14,17). The van der Waals surface area contributed by atoms with Gasteiger partial charge in [-0.05, 0) is 32.4 Å². The number of hydrogen-bond donors (Lipinski definition) is 3. The molecule has 0 aromatic carbocycles. The van der Waals surface area contributed by atoms with Crippen LogP contribution in [0, 0.1) is 6.92 Å². The first-order valence-corrected chi connectivity index (χ1v) is 5.51. The molecule has 2 amide bonds. The highest BCUT2D eigenvalue weighted by molar-refractivity contribution is 6.39. The Balaban J connectivity index is 2.60. The number of nitrogens with zero attached hydrogens (tertiary/aromatic N) is 1. The van der Waals surface area contributed by atoms with Crippen molar-refractivity contribution in [3.8, 4) is 0 Å². The van der Waals surface area contributed by atoms with Crippen molar-refractivity contribution in [2.75, 3.05) is 11.9 Å². The monoisotopic (exact) mass is 251 g/mol. The molecule has 0 aliphatic heterocycles. The highest BCUT2D eigenvalue weighted by atomic mass is 16.3. The zero-order valence-corrected chi connectivity index (χ0v) is 10.7. The average molecular weight is 251 g/mol. The lowest BCUT2D eigenvalue weighted by atomic mass is 10.1. The van der Waals surface area contributed by atoms with Gasteiger partial charge in [0.15, 0.2) is 0 Å². The maximum absolute atomic E-state index is 11.5. The van der Waals surface area contributed by atoms with E-state index in [9.17, 15) is 9.59 Å². The predicted molar refractivity (Wildman–Crippen MR) is 66.9 cm³/mol. The van der Waals surface area contributed by atoms with Crippen LogP contribution in [0.5, 0.6) is 0 Å². The van der Waals surface area contributed by atoms with Crippen LogP contribution in [0.1, 0.15) is 19.4 Å². The number of aromatic nitrogens is 1. The Hall–Kier alpha value is -1.95. The van der Waals surface area contributed by atoms with Gasteiger partial charge in [-0.15, -0.1) is 0 Å². The molecule has 0 bridgehead atoms. The van der Waals surface area contributed by atoms with Crippen LogP contribution >= 0.6 is 0 Å². The van der Waals surface area contributed by atoms with Gasteiger partial charge >= 0.3 is 11.8 Å². The molecular weight excluding hydrogens is 234 g/mol. The van der Waals surface area contributed by atoms with Gasteiger partial charge in [0.25, 0.3) is 0 Å². The highest BCUT2D eigenvalue weighted by Gasteiger charge is 2.23. The third-order valence-corrected chi connectivity index (χ3v) is 2.21. The van der Waals surface area contributed by atoms with E-state index in [1.807, 2.05) is 6.92 Å². The Labute approximate surface area is 105 Å². The van der Waals surface area contributed by atoms with Gasteiger partial charge < -0.3 is 15.7 Å². The van der Waals surface area contributed by atoms with Crippen molar-refractivity contribution in [2.24, 2.45) is 0 Å². The fraction of sp³-hybridized carbons (Fsp3) is 0.417. The number of nitrogens with one attached hydrogen (secondary N) is 2. The van der Waals surface area contributed by atoms with Crippen molar-refractivity contribution in [2.45, 2.75) is 26.3 Å². The number of pyridine rings is 1. The lowest BCUT2D eigenvalue weighted by Gasteiger charge is -2.22. The molecule has 0 aliphatic rings. The molecule has 98 valence electrons. The van der Waals surface area contributed by atoms with E-state index in [4.69, 9.17) is 5.11 Å². The molecule has 0 saturated heterocycles. The van der Waals surface area contributed by atoms with E-state index in [-0.39, 0.29) is 6.61 Å².